The van der Waals surface area contributed by atoms with Crippen molar-refractivity contribution in [3.63, 3.8) is 0 Å². The fraction of sp³-hybridized carbons (Fsp3) is 0.588. The Kier molecular flexibility index (Phi) is 5.37. The number of amides is 1. The molecule has 1 N–H and O–H groups in total. The molecular weight excluding hydrogens is 405 g/mol. The summed E-state index contributed by atoms with van der Waals surface area (Å²) in [6.07, 6.45) is 0.234. The van der Waals surface area contributed by atoms with Crippen molar-refractivity contribution >= 4 is 33.2 Å². The highest BCUT2D eigenvalue weighted by atomic mass is 35.5. The SMILES string of the molecule is CS(=O)(=O)N(CC(=O)NC1CC2CCC1C2)c1ccc(Cl)c(C(F)(F)F)c1. The summed E-state index contributed by atoms with van der Waals surface area (Å²) in [7, 11) is -3.97. The van der Waals surface area contributed by atoms with Gasteiger partial charge in [0.25, 0.3) is 0 Å². The first kappa shape index (κ1) is 20.3. The molecule has 27 heavy (non-hydrogen) atoms. The van der Waals surface area contributed by atoms with Gasteiger partial charge in [0.15, 0.2) is 0 Å². The van der Waals surface area contributed by atoms with Gasteiger partial charge >= 0.3 is 6.18 Å². The van der Waals surface area contributed by atoms with Crippen LogP contribution in [0.1, 0.15) is 31.2 Å². The summed E-state index contributed by atoms with van der Waals surface area (Å²) >= 11 is 5.59. The molecule has 0 aromatic heterocycles. The number of sulfonamides is 1. The van der Waals surface area contributed by atoms with Crippen molar-refractivity contribution in [2.24, 2.45) is 11.8 Å². The zero-order valence-corrected chi connectivity index (χ0v) is 16.2. The number of nitrogens with one attached hydrogen (secondary N) is 1. The van der Waals surface area contributed by atoms with Crippen molar-refractivity contribution in [3.05, 3.63) is 28.8 Å². The van der Waals surface area contributed by atoms with E-state index in [9.17, 15) is 26.4 Å². The first-order valence-electron chi connectivity index (χ1n) is 8.59. The highest BCUT2D eigenvalue weighted by Gasteiger charge is 2.40. The third-order valence-corrected chi connectivity index (χ3v) is 6.79. The van der Waals surface area contributed by atoms with Crippen LogP contribution in [0.5, 0.6) is 0 Å². The van der Waals surface area contributed by atoms with Gasteiger partial charge in [-0.1, -0.05) is 18.0 Å². The van der Waals surface area contributed by atoms with Crippen molar-refractivity contribution in [1.82, 2.24) is 5.32 Å². The van der Waals surface area contributed by atoms with Gasteiger partial charge in [-0.15, -0.1) is 0 Å². The summed E-state index contributed by atoms with van der Waals surface area (Å²) in [6, 6.07) is 2.79. The smallest absolute Gasteiger partial charge is 0.352 e. The molecule has 3 rings (SSSR count). The fourth-order valence-corrected chi connectivity index (χ4v) is 5.16. The lowest BCUT2D eigenvalue weighted by atomic mass is 9.95. The molecule has 0 radical (unpaired) electrons. The quantitative estimate of drug-likeness (QED) is 0.787. The van der Waals surface area contributed by atoms with E-state index in [4.69, 9.17) is 11.6 Å². The third-order valence-electron chi connectivity index (χ3n) is 5.32. The van der Waals surface area contributed by atoms with E-state index in [1.165, 1.54) is 0 Å². The van der Waals surface area contributed by atoms with E-state index in [1.807, 2.05) is 0 Å². The molecule has 1 aromatic rings. The molecule has 3 atom stereocenters. The predicted octanol–water partition coefficient (Wildman–Crippen LogP) is 3.43. The number of anilines is 1. The summed E-state index contributed by atoms with van der Waals surface area (Å²) in [5, 5.41) is 2.31. The number of alkyl halides is 3. The van der Waals surface area contributed by atoms with Gasteiger partial charge in [0, 0.05) is 6.04 Å². The highest BCUT2D eigenvalue weighted by Crippen LogP contribution is 2.44. The monoisotopic (exact) mass is 424 g/mol. The number of hydrogen-bond donors (Lipinski definition) is 1. The van der Waals surface area contributed by atoms with Crippen LogP contribution in [-0.4, -0.2) is 33.2 Å². The van der Waals surface area contributed by atoms with E-state index in [0.717, 1.165) is 44.1 Å². The van der Waals surface area contributed by atoms with Crippen molar-refractivity contribution in [2.75, 3.05) is 17.1 Å². The van der Waals surface area contributed by atoms with Gasteiger partial charge in [-0.25, -0.2) is 8.42 Å². The average molecular weight is 425 g/mol. The molecule has 0 heterocycles. The zero-order chi connectivity index (χ0) is 20.0. The molecular formula is C17H20ClF3N2O3S. The third kappa shape index (κ3) is 4.51. The van der Waals surface area contributed by atoms with Crippen molar-refractivity contribution < 1.29 is 26.4 Å². The maximum Gasteiger partial charge on any atom is 0.417 e. The second-order valence-electron chi connectivity index (χ2n) is 7.28. The van der Waals surface area contributed by atoms with E-state index in [-0.39, 0.29) is 11.7 Å². The number of rotatable bonds is 5. The maximum atomic E-state index is 13.1. The Morgan fingerprint density at radius 3 is 2.52 bits per heavy atom. The van der Waals surface area contributed by atoms with Gasteiger partial charge in [0.05, 0.1) is 22.5 Å². The summed E-state index contributed by atoms with van der Waals surface area (Å²) < 4.78 is 64.1. The molecule has 10 heteroatoms. The number of carbonyl (C=O) groups is 1. The van der Waals surface area contributed by atoms with Crippen molar-refractivity contribution in [2.45, 2.75) is 37.9 Å². The topological polar surface area (TPSA) is 66.5 Å². The van der Waals surface area contributed by atoms with Crippen LogP contribution in [0.3, 0.4) is 0 Å². The minimum atomic E-state index is -4.73. The number of halogens is 4. The second-order valence-corrected chi connectivity index (χ2v) is 9.59. The largest absolute Gasteiger partial charge is 0.417 e. The zero-order valence-electron chi connectivity index (χ0n) is 14.6. The van der Waals surface area contributed by atoms with Crippen LogP contribution in [-0.2, 0) is 21.0 Å². The normalized spacial score (nSPS) is 24.9. The molecule has 2 aliphatic rings. The van der Waals surface area contributed by atoms with Crippen LogP contribution in [0.15, 0.2) is 18.2 Å². The molecule has 3 unspecified atom stereocenters. The number of fused-ring (bicyclic) bond motifs is 2. The Hall–Kier alpha value is -1.48. The molecule has 2 saturated carbocycles. The summed E-state index contributed by atoms with van der Waals surface area (Å²) in [5.74, 6) is 0.469. The lowest BCUT2D eigenvalue weighted by Gasteiger charge is -2.26. The molecule has 2 fully saturated rings. The number of benzene rings is 1. The van der Waals surface area contributed by atoms with E-state index < -0.39 is 39.2 Å². The molecule has 1 aromatic carbocycles. The molecule has 2 bridgehead atoms. The number of nitrogens with zero attached hydrogens (tertiary/aromatic N) is 1. The van der Waals surface area contributed by atoms with Crippen LogP contribution in [0.4, 0.5) is 18.9 Å². The van der Waals surface area contributed by atoms with Gasteiger partial charge in [-0.05, 0) is 49.3 Å². The van der Waals surface area contributed by atoms with E-state index >= 15 is 0 Å². The fourth-order valence-electron chi connectivity index (χ4n) is 4.09. The van der Waals surface area contributed by atoms with Crippen molar-refractivity contribution in [3.8, 4) is 0 Å². The van der Waals surface area contributed by atoms with Crippen LogP contribution < -0.4 is 9.62 Å². The van der Waals surface area contributed by atoms with Gasteiger partial charge in [0.2, 0.25) is 15.9 Å². The average Bonchev–Trinajstić information content (AvgIpc) is 3.14. The Morgan fingerprint density at radius 1 is 1.30 bits per heavy atom. The molecule has 150 valence electrons. The molecule has 0 spiro atoms. The molecule has 0 aliphatic heterocycles. The second kappa shape index (κ2) is 7.16. The molecule has 2 aliphatic carbocycles. The first-order chi connectivity index (χ1) is 12.4. The van der Waals surface area contributed by atoms with Crippen LogP contribution in [0.25, 0.3) is 0 Å². The number of carbonyl (C=O) groups excluding carboxylic acids is 1. The van der Waals surface area contributed by atoms with Crippen LogP contribution in [0, 0.1) is 11.8 Å². The van der Waals surface area contributed by atoms with Gasteiger partial charge in [-0.2, -0.15) is 13.2 Å². The Labute approximate surface area is 160 Å². The van der Waals surface area contributed by atoms with E-state index in [2.05, 4.69) is 5.32 Å². The summed E-state index contributed by atoms with van der Waals surface area (Å²) in [5.41, 5.74) is -1.40. The lowest BCUT2D eigenvalue weighted by molar-refractivity contribution is -0.137. The first-order valence-corrected chi connectivity index (χ1v) is 10.8. The van der Waals surface area contributed by atoms with E-state index in [0.29, 0.717) is 22.2 Å². The minimum Gasteiger partial charge on any atom is -0.352 e. The molecule has 5 nitrogen and oxygen atoms in total. The summed E-state index contributed by atoms with van der Waals surface area (Å²) in [6.45, 7) is -0.578. The highest BCUT2D eigenvalue weighted by molar-refractivity contribution is 7.92. The minimum absolute atomic E-state index is 0.00798. The van der Waals surface area contributed by atoms with Crippen molar-refractivity contribution in [1.29, 1.82) is 0 Å². The predicted molar refractivity (Wildman–Crippen MR) is 96.0 cm³/mol. The number of hydrogen-bond acceptors (Lipinski definition) is 3. The summed E-state index contributed by atoms with van der Waals surface area (Å²) in [4.78, 5) is 12.4. The van der Waals surface area contributed by atoms with Gasteiger partial charge in [0.1, 0.15) is 6.54 Å². The lowest BCUT2D eigenvalue weighted by Crippen LogP contribution is -2.45. The molecule has 0 saturated heterocycles. The van der Waals surface area contributed by atoms with E-state index in [1.54, 1.807) is 0 Å². The Morgan fingerprint density at radius 2 is 2.00 bits per heavy atom. The van der Waals surface area contributed by atoms with Gasteiger partial charge < -0.3 is 5.32 Å². The standard InChI is InChI=1S/C17H20ClF3N2O3S/c1-27(25,26)23(12-4-5-14(18)13(8-12)17(19,20)21)9-16(24)22-15-7-10-2-3-11(15)6-10/h4-5,8,10-11,15H,2-3,6-7,9H2,1H3,(H,22,24). The van der Waals surface area contributed by atoms with Crippen LogP contribution in [0.2, 0.25) is 5.02 Å². The Bertz CT molecular complexity index is 844. The van der Waals surface area contributed by atoms with Gasteiger partial charge in [-0.3, -0.25) is 9.10 Å². The maximum absolute atomic E-state index is 13.1. The Balaban J connectivity index is 1.80. The molecule has 1 amide bonds. The van der Waals surface area contributed by atoms with Crippen LogP contribution >= 0.6 is 11.6 Å².